The van der Waals surface area contributed by atoms with E-state index >= 15 is 0 Å². The van der Waals surface area contributed by atoms with Gasteiger partial charge in [-0.15, -0.1) is 24.0 Å². The molecule has 1 fully saturated rings. The topological polar surface area (TPSA) is 46.1 Å². The molecule has 5 nitrogen and oxygen atoms in total. The van der Waals surface area contributed by atoms with Crippen LogP contribution >= 0.6 is 24.0 Å². The number of guanidine groups is 1. The number of methoxy groups -OCH3 is 1. The zero-order valence-corrected chi connectivity index (χ0v) is 16.6. The largest absolute Gasteiger partial charge is 0.497 e. The fourth-order valence-electron chi connectivity index (χ4n) is 2.26. The quantitative estimate of drug-likeness (QED) is 0.389. The van der Waals surface area contributed by atoms with Crippen molar-refractivity contribution in [2.75, 3.05) is 40.9 Å². The molecule has 1 aliphatic carbocycles. The zero-order chi connectivity index (χ0) is 15.8. The Morgan fingerprint density at radius 3 is 2.48 bits per heavy atom. The molecule has 0 atom stereocenters. The molecule has 2 rings (SSSR count). The molecular weight excluding hydrogens is 405 g/mol. The molecule has 1 aromatic rings. The normalized spacial score (nSPS) is 14.0. The van der Waals surface area contributed by atoms with Crippen molar-refractivity contribution in [3.63, 3.8) is 0 Å². The van der Waals surface area contributed by atoms with Crippen molar-refractivity contribution < 1.29 is 9.47 Å². The van der Waals surface area contributed by atoms with Gasteiger partial charge in [-0.25, -0.2) is 0 Å². The number of ether oxygens (including phenoxy) is 2. The Labute approximate surface area is 156 Å². The molecule has 0 unspecified atom stereocenters. The molecule has 0 saturated heterocycles. The first-order valence-electron chi connectivity index (χ1n) is 7.91. The Kier molecular flexibility index (Phi) is 9.13. The first kappa shape index (κ1) is 19.9. The summed E-state index contributed by atoms with van der Waals surface area (Å²) >= 11 is 0. The fourth-order valence-corrected chi connectivity index (χ4v) is 2.26. The second-order valence-electron chi connectivity index (χ2n) is 5.65. The molecule has 0 bridgehead atoms. The summed E-state index contributed by atoms with van der Waals surface area (Å²) in [6.45, 7) is 2.41. The number of nitrogens with zero attached hydrogens (tertiary/aromatic N) is 2. The van der Waals surface area contributed by atoms with Crippen molar-refractivity contribution >= 4 is 29.9 Å². The number of rotatable bonds is 8. The number of hydrogen-bond acceptors (Lipinski definition) is 3. The third-order valence-corrected chi connectivity index (χ3v) is 3.86. The van der Waals surface area contributed by atoms with Crippen LogP contribution in [0.3, 0.4) is 0 Å². The Morgan fingerprint density at radius 2 is 1.91 bits per heavy atom. The van der Waals surface area contributed by atoms with E-state index in [9.17, 15) is 0 Å². The first-order chi connectivity index (χ1) is 10.7. The molecule has 1 aliphatic rings. The van der Waals surface area contributed by atoms with Gasteiger partial charge >= 0.3 is 0 Å². The highest BCUT2D eigenvalue weighted by Crippen LogP contribution is 2.31. The fraction of sp³-hybridized carbons (Fsp3) is 0.588. The standard InChI is InChI=1S/C17H27N3O2.HI/c1-18-17(19-11-10-14-4-5-14)20(2)12-13-22-16-8-6-15(21-3)7-9-16;/h6-9,14H,4-5,10-13H2,1-3H3,(H,18,19);1H. The minimum Gasteiger partial charge on any atom is -0.497 e. The summed E-state index contributed by atoms with van der Waals surface area (Å²) in [5.74, 6) is 3.56. The molecule has 0 amide bonds. The average Bonchev–Trinajstić information content (AvgIpc) is 3.36. The van der Waals surface area contributed by atoms with Crippen molar-refractivity contribution in [1.82, 2.24) is 10.2 Å². The third-order valence-electron chi connectivity index (χ3n) is 3.86. The van der Waals surface area contributed by atoms with Gasteiger partial charge in [-0.2, -0.15) is 0 Å². The van der Waals surface area contributed by atoms with E-state index in [-0.39, 0.29) is 24.0 Å². The lowest BCUT2D eigenvalue weighted by Crippen LogP contribution is -2.41. The Bertz CT molecular complexity index is 475. The summed E-state index contributed by atoms with van der Waals surface area (Å²) in [5.41, 5.74) is 0. The van der Waals surface area contributed by atoms with Crippen LogP contribution in [-0.4, -0.2) is 51.8 Å². The molecule has 1 aromatic carbocycles. The minimum atomic E-state index is 0. The summed E-state index contributed by atoms with van der Waals surface area (Å²) in [5, 5.41) is 3.41. The van der Waals surface area contributed by atoms with Crippen LogP contribution in [0, 0.1) is 5.92 Å². The predicted octanol–water partition coefficient (Wildman–Crippen LogP) is 3.00. The van der Waals surface area contributed by atoms with Gasteiger partial charge in [-0.3, -0.25) is 4.99 Å². The van der Waals surface area contributed by atoms with Crippen LogP contribution in [0.5, 0.6) is 11.5 Å². The van der Waals surface area contributed by atoms with Crippen molar-refractivity contribution in [1.29, 1.82) is 0 Å². The van der Waals surface area contributed by atoms with Gasteiger partial charge in [0, 0.05) is 20.6 Å². The molecule has 130 valence electrons. The van der Waals surface area contributed by atoms with Crippen LogP contribution in [-0.2, 0) is 0 Å². The van der Waals surface area contributed by atoms with E-state index in [0.717, 1.165) is 36.5 Å². The molecule has 0 aliphatic heterocycles. The predicted molar refractivity (Wildman–Crippen MR) is 105 cm³/mol. The van der Waals surface area contributed by atoms with Crippen LogP contribution < -0.4 is 14.8 Å². The van der Waals surface area contributed by atoms with Crippen LogP contribution in [0.2, 0.25) is 0 Å². The van der Waals surface area contributed by atoms with Gasteiger partial charge in [0.15, 0.2) is 5.96 Å². The van der Waals surface area contributed by atoms with Crippen molar-refractivity contribution in [3.05, 3.63) is 24.3 Å². The molecular formula is C17H28IN3O2. The lowest BCUT2D eigenvalue weighted by atomic mass is 10.3. The van der Waals surface area contributed by atoms with E-state index in [2.05, 4.69) is 15.2 Å². The van der Waals surface area contributed by atoms with Crippen molar-refractivity contribution in [2.24, 2.45) is 10.9 Å². The van der Waals surface area contributed by atoms with Crippen molar-refractivity contribution in [3.8, 4) is 11.5 Å². The average molecular weight is 433 g/mol. The molecule has 1 saturated carbocycles. The second kappa shape index (κ2) is 10.6. The lowest BCUT2D eigenvalue weighted by Gasteiger charge is -2.22. The van der Waals surface area contributed by atoms with Gasteiger partial charge < -0.3 is 19.7 Å². The Balaban J connectivity index is 0.00000264. The maximum atomic E-state index is 5.74. The Hall–Kier alpha value is -1.18. The van der Waals surface area contributed by atoms with E-state index in [1.165, 1.54) is 19.3 Å². The molecule has 0 spiro atoms. The third kappa shape index (κ3) is 7.28. The minimum absolute atomic E-state index is 0. The summed E-state index contributed by atoms with van der Waals surface area (Å²) in [7, 11) is 5.51. The summed E-state index contributed by atoms with van der Waals surface area (Å²) in [6, 6.07) is 7.64. The summed E-state index contributed by atoms with van der Waals surface area (Å²) < 4.78 is 10.9. The van der Waals surface area contributed by atoms with Gasteiger partial charge in [0.05, 0.1) is 13.7 Å². The molecule has 1 N–H and O–H groups in total. The first-order valence-corrected chi connectivity index (χ1v) is 7.91. The number of aliphatic imine (C=N–C) groups is 1. The number of hydrogen-bond donors (Lipinski definition) is 1. The van der Waals surface area contributed by atoms with Crippen LogP contribution in [0.25, 0.3) is 0 Å². The molecule has 6 heteroatoms. The molecule has 23 heavy (non-hydrogen) atoms. The van der Waals surface area contributed by atoms with Crippen molar-refractivity contribution in [2.45, 2.75) is 19.3 Å². The molecule has 0 radical (unpaired) electrons. The van der Waals surface area contributed by atoms with E-state index in [1.54, 1.807) is 7.11 Å². The van der Waals surface area contributed by atoms with E-state index in [1.807, 2.05) is 38.4 Å². The van der Waals surface area contributed by atoms with E-state index in [4.69, 9.17) is 9.47 Å². The van der Waals surface area contributed by atoms with Gasteiger partial charge in [0.1, 0.15) is 18.1 Å². The van der Waals surface area contributed by atoms with E-state index < -0.39 is 0 Å². The zero-order valence-electron chi connectivity index (χ0n) is 14.2. The number of likely N-dealkylation sites (N-methyl/N-ethyl adjacent to an activating group) is 1. The van der Waals surface area contributed by atoms with Gasteiger partial charge in [-0.05, 0) is 36.6 Å². The van der Waals surface area contributed by atoms with Gasteiger partial charge in [-0.1, -0.05) is 12.8 Å². The van der Waals surface area contributed by atoms with Crippen LogP contribution in [0.1, 0.15) is 19.3 Å². The highest BCUT2D eigenvalue weighted by Gasteiger charge is 2.20. The SMILES string of the molecule is CN=C(NCCC1CC1)N(C)CCOc1ccc(OC)cc1.I. The highest BCUT2D eigenvalue weighted by atomic mass is 127. The second-order valence-corrected chi connectivity index (χ2v) is 5.65. The summed E-state index contributed by atoms with van der Waals surface area (Å²) in [4.78, 5) is 6.41. The van der Waals surface area contributed by atoms with E-state index in [0.29, 0.717) is 6.61 Å². The van der Waals surface area contributed by atoms with Gasteiger partial charge in [0.25, 0.3) is 0 Å². The van der Waals surface area contributed by atoms with Crippen LogP contribution in [0.15, 0.2) is 29.3 Å². The number of benzene rings is 1. The smallest absolute Gasteiger partial charge is 0.193 e. The maximum absolute atomic E-state index is 5.74. The maximum Gasteiger partial charge on any atom is 0.193 e. The Morgan fingerprint density at radius 1 is 1.26 bits per heavy atom. The van der Waals surface area contributed by atoms with Crippen LogP contribution in [0.4, 0.5) is 0 Å². The number of halogens is 1. The molecule has 0 heterocycles. The number of nitrogens with one attached hydrogen (secondary N) is 1. The monoisotopic (exact) mass is 433 g/mol. The lowest BCUT2D eigenvalue weighted by molar-refractivity contribution is 0.281. The summed E-state index contributed by atoms with van der Waals surface area (Å²) in [6.07, 6.45) is 4.03. The highest BCUT2D eigenvalue weighted by molar-refractivity contribution is 14.0. The molecule has 0 aromatic heterocycles. The van der Waals surface area contributed by atoms with Gasteiger partial charge in [0.2, 0.25) is 0 Å².